The van der Waals surface area contributed by atoms with E-state index in [1.807, 2.05) is 25.1 Å². The van der Waals surface area contributed by atoms with Crippen molar-refractivity contribution in [1.29, 1.82) is 0 Å². The number of quaternary nitrogens is 1. The molecule has 1 aromatic carbocycles. The molecule has 0 saturated heterocycles. The van der Waals surface area contributed by atoms with Gasteiger partial charge in [0.2, 0.25) is 5.84 Å². The fourth-order valence-corrected chi connectivity index (χ4v) is 2.16. The van der Waals surface area contributed by atoms with E-state index in [1.165, 1.54) is 7.11 Å². The monoisotopic (exact) mass is 283 g/mol. The molecule has 1 aromatic rings. The van der Waals surface area contributed by atoms with E-state index < -0.39 is 0 Å². The van der Waals surface area contributed by atoms with Crippen molar-refractivity contribution in [2.45, 2.75) is 6.92 Å². The molecule has 0 spiro atoms. The van der Waals surface area contributed by atoms with E-state index in [0.717, 1.165) is 15.8 Å². The van der Waals surface area contributed by atoms with Gasteiger partial charge in [0.1, 0.15) is 5.69 Å². The Kier molecular flexibility index (Phi) is 2.59. The molecule has 1 amide bonds. The molecule has 0 aromatic heterocycles. The van der Waals surface area contributed by atoms with Crippen molar-refractivity contribution < 1.29 is 9.53 Å². The molecule has 4 nitrogen and oxygen atoms in total. The number of ether oxygens (including phenoxy) is 1. The number of carbonyl (C=O) groups is 1. The van der Waals surface area contributed by atoms with E-state index in [2.05, 4.69) is 20.9 Å². The van der Waals surface area contributed by atoms with Crippen LogP contribution in [0.1, 0.15) is 6.92 Å². The van der Waals surface area contributed by atoms with E-state index >= 15 is 0 Å². The second kappa shape index (κ2) is 3.68. The van der Waals surface area contributed by atoms with Crippen LogP contribution in [0.4, 0.5) is 16.2 Å². The molecular weight excluding hydrogens is 272 g/mol. The lowest BCUT2D eigenvalue weighted by molar-refractivity contribution is 0.153. The number of carbonyl (C=O) groups excluding carboxylic acids is 1. The Morgan fingerprint density at radius 1 is 1.50 bits per heavy atom. The van der Waals surface area contributed by atoms with Crippen molar-refractivity contribution in [3.05, 3.63) is 22.7 Å². The maximum atomic E-state index is 11.9. The van der Waals surface area contributed by atoms with Gasteiger partial charge in [-0.1, -0.05) is 15.9 Å². The van der Waals surface area contributed by atoms with Crippen molar-refractivity contribution in [2.24, 2.45) is 4.99 Å². The van der Waals surface area contributed by atoms with Gasteiger partial charge in [-0.25, -0.2) is 0 Å². The van der Waals surface area contributed by atoms with Crippen LogP contribution < -0.4 is 4.48 Å². The summed E-state index contributed by atoms with van der Waals surface area (Å²) in [6, 6.07) is 5.68. The van der Waals surface area contributed by atoms with Crippen molar-refractivity contribution >= 4 is 39.2 Å². The first kappa shape index (κ1) is 11.3. The fraction of sp³-hybridized carbons (Fsp3) is 0.273. The number of amides is 1. The summed E-state index contributed by atoms with van der Waals surface area (Å²) in [7, 11) is 3.16. The second-order valence-electron chi connectivity index (χ2n) is 3.77. The second-order valence-corrected chi connectivity index (χ2v) is 4.68. The highest BCUT2D eigenvalue weighted by atomic mass is 79.9. The summed E-state index contributed by atoms with van der Waals surface area (Å²) in [6.07, 6.45) is -0.335. The van der Waals surface area contributed by atoms with E-state index in [1.54, 1.807) is 7.05 Å². The lowest BCUT2D eigenvalue weighted by Gasteiger charge is -2.23. The van der Waals surface area contributed by atoms with E-state index in [0.29, 0.717) is 5.84 Å². The first-order valence-electron chi connectivity index (χ1n) is 4.81. The topological polar surface area (TPSA) is 38.7 Å². The van der Waals surface area contributed by atoms with Gasteiger partial charge < -0.3 is 4.74 Å². The third-order valence-electron chi connectivity index (χ3n) is 2.89. The number of amidine groups is 1. The van der Waals surface area contributed by atoms with E-state index in [9.17, 15) is 4.79 Å². The maximum Gasteiger partial charge on any atom is 0.527 e. The Balaban J connectivity index is 2.63. The minimum atomic E-state index is -0.335. The van der Waals surface area contributed by atoms with Gasteiger partial charge in [0, 0.05) is 17.5 Å². The zero-order valence-electron chi connectivity index (χ0n) is 9.32. The van der Waals surface area contributed by atoms with Crippen molar-refractivity contribution in [3.63, 3.8) is 0 Å². The van der Waals surface area contributed by atoms with Crippen molar-refractivity contribution in [1.82, 2.24) is 4.48 Å². The highest BCUT2D eigenvalue weighted by Gasteiger charge is 2.46. The zero-order chi connectivity index (χ0) is 11.9. The van der Waals surface area contributed by atoms with Crippen LogP contribution in [-0.2, 0) is 4.74 Å². The Morgan fingerprint density at radius 2 is 2.19 bits per heavy atom. The smallest absolute Gasteiger partial charge is 0.423 e. The number of fused-ring (bicyclic) bond motifs is 1. The normalized spacial score (nSPS) is 22.6. The first-order valence-corrected chi connectivity index (χ1v) is 5.60. The van der Waals surface area contributed by atoms with Gasteiger partial charge >= 0.3 is 6.09 Å². The van der Waals surface area contributed by atoms with Gasteiger partial charge in [0.05, 0.1) is 14.2 Å². The summed E-state index contributed by atoms with van der Waals surface area (Å²) in [6.45, 7) is 1.82. The summed E-state index contributed by atoms with van der Waals surface area (Å²) in [5.41, 5.74) is 1.65. The number of methoxy groups -OCH3 is 1. The largest absolute Gasteiger partial charge is 0.527 e. The van der Waals surface area contributed by atoms with Crippen LogP contribution in [0, 0.1) is 0 Å². The summed E-state index contributed by atoms with van der Waals surface area (Å²) in [5.74, 6) is 0.708. The minimum Gasteiger partial charge on any atom is -0.423 e. The van der Waals surface area contributed by atoms with Gasteiger partial charge in [-0.15, -0.1) is 4.48 Å². The van der Waals surface area contributed by atoms with Crippen molar-refractivity contribution in [2.75, 3.05) is 14.2 Å². The molecule has 0 saturated carbocycles. The maximum absolute atomic E-state index is 11.9. The number of aliphatic imine (C=N–C) groups is 1. The average Bonchev–Trinajstić information content (AvgIpc) is 2.52. The molecule has 0 fully saturated rings. The van der Waals surface area contributed by atoms with Gasteiger partial charge in [-0.2, -0.15) is 9.79 Å². The average molecular weight is 284 g/mol. The number of halogens is 1. The molecule has 16 heavy (non-hydrogen) atoms. The summed E-state index contributed by atoms with van der Waals surface area (Å²) in [5, 5.41) is 0. The van der Waals surface area contributed by atoms with Gasteiger partial charge in [0.15, 0.2) is 5.69 Å². The Hall–Kier alpha value is -1.20. The van der Waals surface area contributed by atoms with Gasteiger partial charge in [0.25, 0.3) is 0 Å². The van der Waals surface area contributed by atoms with Crippen LogP contribution in [0.15, 0.2) is 27.7 Å². The molecule has 1 atom stereocenters. The summed E-state index contributed by atoms with van der Waals surface area (Å²) >= 11 is 3.39. The van der Waals surface area contributed by atoms with Crippen LogP contribution in [0.5, 0.6) is 0 Å². The third-order valence-corrected chi connectivity index (χ3v) is 3.38. The molecule has 0 radical (unpaired) electrons. The zero-order valence-corrected chi connectivity index (χ0v) is 10.9. The molecule has 84 valence electrons. The highest BCUT2D eigenvalue weighted by Crippen LogP contribution is 2.41. The number of benzene rings is 1. The van der Waals surface area contributed by atoms with Crippen LogP contribution in [0.2, 0.25) is 0 Å². The van der Waals surface area contributed by atoms with E-state index in [4.69, 9.17) is 4.74 Å². The molecule has 1 aliphatic rings. The lowest BCUT2D eigenvalue weighted by atomic mass is 10.2. The number of nitrogens with zero attached hydrogens (tertiary/aromatic N) is 2. The lowest BCUT2D eigenvalue weighted by Crippen LogP contribution is -2.52. The number of hydrogen-bond acceptors (Lipinski definition) is 3. The van der Waals surface area contributed by atoms with Crippen molar-refractivity contribution in [3.8, 4) is 0 Å². The summed E-state index contributed by atoms with van der Waals surface area (Å²) in [4.78, 5) is 16.3. The molecule has 0 aliphatic carbocycles. The van der Waals surface area contributed by atoms with Crippen LogP contribution >= 0.6 is 15.9 Å². The molecule has 0 bridgehead atoms. The van der Waals surface area contributed by atoms with Crippen LogP contribution in [-0.4, -0.2) is 26.1 Å². The standard InChI is InChI=1S/C11H12BrN2O2/c1-7-13-9-5-4-8(12)6-10(9)14(7,2)11(15)16-3/h4-6H,1-3H3/q+1. The van der Waals surface area contributed by atoms with Crippen LogP contribution in [0.3, 0.4) is 0 Å². The molecule has 1 aliphatic heterocycles. The molecule has 1 unspecified atom stereocenters. The Labute approximate surface area is 102 Å². The summed E-state index contributed by atoms with van der Waals surface area (Å²) < 4.78 is 5.74. The Bertz CT molecular complexity index is 499. The van der Waals surface area contributed by atoms with Crippen LogP contribution in [0.25, 0.3) is 0 Å². The molecular formula is C11H12BrN2O2+. The third kappa shape index (κ3) is 1.39. The number of hydrogen-bond donors (Lipinski definition) is 0. The predicted molar refractivity (Wildman–Crippen MR) is 67.0 cm³/mol. The Morgan fingerprint density at radius 3 is 2.81 bits per heavy atom. The SMILES string of the molecule is COC(=O)[N+]1(C)C(C)=Nc2ccc(Br)cc21. The van der Waals surface area contributed by atoms with E-state index in [-0.39, 0.29) is 10.6 Å². The van der Waals surface area contributed by atoms with Gasteiger partial charge in [-0.05, 0) is 12.1 Å². The quantitative estimate of drug-likeness (QED) is 0.686. The molecule has 5 heteroatoms. The molecule has 1 heterocycles. The fourth-order valence-electron chi connectivity index (χ4n) is 1.81. The van der Waals surface area contributed by atoms with Gasteiger partial charge in [-0.3, -0.25) is 0 Å². The predicted octanol–water partition coefficient (Wildman–Crippen LogP) is 3.22. The molecule has 2 rings (SSSR count). The molecule has 0 N–H and O–H groups in total. The minimum absolute atomic E-state index is 0.0225. The highest BCUT2D eigenvalue weighted by molar-refractivity contribution is 9.10. The first-order chi connectivity index (χ1) is 7.50. The number of rotatable bonds is 0.